The van der Waals surface area contributed by atoms with Gasteiger partial charge in [-0.05, 0) is 43.7 Å². The van der Waals surface area contributed by atoms with Gasteiger partial charge in [-0.1, -0.05) is 12.2 Å². The lowest BCUT2D eigenvalue weighted by Gasteiger charge is -2.47. The molecule has 1 aliphatic heterocycles. The van der Waals surface area contributed by atoms with Crippen LogP contribution in [0.1, 0.15) is 41.3 Å². The van der Waals surface area contributed by atoms with Crippen molar-refractivity contribution in [2.45, 2.75) is 75.6 Å². The zero-order valence-electron chi connectivity index (χ0n) is 20.8. The molecule has 0 radical (unpaired) electrons. The minimum Gasteiger partial charge on any atom is -0.506 e. The minimum atomic E-state index is -1.75. The Balaban J connectivity index is 1.83. The molecule has 0 spiro atoms. The smallest absolute Gasteiger partial charge is 0.229 e. The molecule has 0 saturated carbocycles. The number of fused-ring (bicyclic) bond motifs is 1. The van der Waals surface area contributed by atoms with Gasteiger partial charge in [-0.25, -0.2) is 0 Å². The van der Waals surface area contributed by atoms with Crippen molar-refractivity contribution in [2.24, 2.45) is 5.73 Å². The molecule has 8 N–H and O–H groups in total. The van der Waals surface area contributed by atoms with E-state index in [4.69, 9.17) is 19.9 Å². The van der Waals surface area contributed by atoms with E-state index in [0.717, 1.165) is 0 Å². The van der Waals surface area contributed by atoms with E-state index in [1.807, 2.05) is 0 Å². The maximum Gasteiger partial charge on any atom is 0.229 e. The molecular weight excluding hydrogens is 486 g/mol. The molecule has 37 heavy (non-hydrogen) atoms. The summed E-state index contributed by atoms with van der Waals surface area (Å²) >= 11 is 0. The van der Waals surface area contributed by atoms with Gasteiger partial charge in [0.05, 0.1) is 24.7 Å². The number of hydrogen-bond acceptors (Lipinski definition) is 11. The third-order valence-corrected chi connectivity index (χ3v) is 7.17. The summed E-state index contributed by atoms with van der Waals surface area (Å²) in [5, 5.41) is 64.6. The summed E-state index contributed by atoms with van der Waals surface area (Å²) in [4.78, 5) is 12.3. The van der Waals surface area contributed by atoms with Crippen LogP contribution >= 0.6 is 0 Å². The molecule has 1 fully saturated rings. The first-order valence-electron chi connectivity index (χ1n) is 11.9. The number of aromatic hydroxyl groups is 1. The van der Waals surface area contributed by atoms with Crippen molar-refractivity contribution in [3.05, 3.63) is 41.0 Å². The summed E-state index contributed by atoms with van der Waals surface area (Å²) in [6.07, 6.45) is -4.63. The van der Waals surface area contributed by atoms with Gasteiger partial charge in [0.2, 0.25) is 6.29 Å². The fourth-order valence-electron chi connectivity index (χ4n) is 5.17. The first kappa shape index (κ1) is 27.3. The summed E-state index contributed by atoms with van der Waals surface area (Å²) in [6.45, 7) is 2.48. The average Bonchev–Trinajstić information content (AvgIpc) is 2.85. The zero-order valence-corrected chi connectivity index (χ0v) is 20.8. The highest BCUT2D eigenvalue weighted by atomic mass is 16.7. The number of Topliss-reactive ketones (excluding diaryl/α,β-unsaturated/α-hetero) is 1. The molecule has 2 aromatic rings. The number of carbonyl (C=O) groups excluding carboxylic acids is 1. The second kappa shape index (κ2) is 10.2. The van der Waals surface area contributed by atoms with Crippen LogP contribution < -0.4 is 15.2 Å². The molecule has 11 heteroatoms. The number of rotatable bonds is 6. The Hall–Kier alpha value is -2.77. The molecule has 0 amide bonds. The predicted molar refractivity (Wildman–Crippen MR) is 131 cm³/mol. The Morgan fingerprint density at radius 3 is 2.46 bits per heavy atom. The molecule has 11 nitrogen and oxygen atoms in total. The molecule has 1 aliphatic carbocycles. The number of phenolic OH excluding ortho intramolecular Hbond substituents is 1. The first-order chi connectivity index (χ1) is 17.4. The number of aryl methyl sites for hydroxylation is 1. The largest absolute Gasteiger partial charge is 0.506 e. The van der Waals surface area contributed by atoms with Crippen LogP contribution in [0.25, 0.3) is 10.8 Å². The third kappa shape index (κ3) is 4.68. The van der Waals surface area contributed by atoms with Gasteiger partial charge in [-0.2, -0.15) is 0 Å². The van der Waals surface area contributed by atoms with Gasteiger partial charge in [0.25, 0.3) is 0 Å². The van der Waals surface area contributed by atoms with Crippen molar-refractivity contribution in [1.82, 2.24) is 0 Å². The fourth-order valence-corrected chi connectivity index (χ4v) is 5.17. The average molecular weight is 520 g/mol. The molecule has 4 rings (SSSR count). The lowest BCUT2D eigenvalue weighted by Crippen LogP contribution is -2.65. The van der Waals surface area contributed by atoms with Crippen LogP contribution in [-0.2, 0) is 11.3 Å². The quantitative estimate of drug-likeness (QED) is 0.203. The number of benzene rings is 2. The molecule has 0 aromatic heterocycles. The van der Waals surface area contributed by atoms with Crippen LogP contribution in [-0.4, -0.2) is 85.9 Å². The monoisotopic (exact) mass is 519 g/mol. The number of aliphatic hydroxyl groups is 5. The van der Waals surface area contributed by atoms with E-state index in [1.165, 1.54) is 26.2 Å². The van der Waals surface area contributed by atoms with Crippen LogP contribution in [0.3, 0.4) is 0 Å². The third-order valence-electron chi connectivity index (χ3n) is 7.17. The lowest BCUT2D eigenvalue weighted by molar-refractivity contribution is -0.299. The predicted octanol–water partition coefficient (Wildman–Crippen LogP) is 0.152. The number of phenols is 1. The van der Waals surface area contributed by atoms with Crippen LogP contribution in [0.5, 0.6) is 17.2 Å². The molecule has 7 atom stereocenters. The lowest BCUT2D eigenvalue weighted by atomic mass is 9.79. The fraction of sp³-hybridized carbons (Fsp3) is 0.500. The number of ketones is 1. The van der Waals surface area contributed by atoms with Crippen molar-refractivity contribution >= 4 is 16.6 Å². The molecule has 2 aromatic carbocycles. The Bertz CT molecular complexity index is 1230. The van der Waals surface area contributed by atoms with E-state index >= 15 is 0 Å². The number of aliphatic hydroxyl groups excluding tert-OH is 4. The van der Waals surface area contributed by atoms with E-state index in [1.54, 1.807) is 19.1 Å². The Morgan fingerprint density at radius 1 is 1.19 bits per heavy atom. The summed E-state index contributed by atoms with van der Waals surface area (Å²) < 4.78 is 17.2. The number of ether oxygens (including phenoxy) is 3. The van der Waals surface area contributed by atoms with Gasteiger partial charge in [0.1, 0.15) is 47.3 Å². The second-order valence-corrected chi connectivity index (χ2v) is 9.68. The molecule has 2 aliphatic rings. The number of nitrogens with two attached hydrogens (primary N) is 1. The molecular formula is C26H33NO10. The normalized spacial score (nSPS) is 31.9. The highest BCUT2D eigenvalue weighted by molar-refractivity contribution is 6.08. The van der Waals surface area contributed by atoms with E-state index < -0.39 is 54.4 Å². The minimum absolute atomic E-state index is 0.0443. The van der Waals surface area contributed by atoms with Gasteiger partial charge in [0, 0.05) is 17.7 Å². The van der Waals surface area contributed by atoms with Crippen LogP contribution in [0.4, 0.5) is 0 Å². The molecule has 1 saturated heterocycles. The topological polar surface area (TPSA) is 192 Å². The van der Waals surface area contributed by atoms with E-state index in [-0.39, 0.29) is 34.9 Å². The standard InChI is InChI=1S/C26H33NO10/c1-11-8-14-15(10-28)16(35-3)9-17(19(14)20(30)18(11)12(2)29)36-25-23(33)21(31)22(32)24(37-25)26(34)6-4-13(27)5-7-26/h4,6,8-9,13,21-25,28,30-34H,5,7,10,27H2,1-3H3/t13-,21-,22-,23+,24-,25+,26-/m0/s1. The van der Waals surface area contributed by atoms with Gasteiger partial charge >= 0.3 is 0 Å². The number of hydrogen-bond donors (Lipinski definition) is 7. The van der Waals surface area contributed by atoms with E-state index in [0.29, 0.717) is 22.9 Å². The highest BCUT2D eigenvalue weighted by Gasteiger charge is 2.53. The van der Waals surface area contributed by atoms with Gasteiger partial charge in [-0.3, -0.25) is 4.79 Å². The Morgan fingerprint density at radius 2 is 1.89 bits per heavy atom. The van der Waals surface area contributed by atoms with Crippen LogP contribution in [0.2, 0.25) is 0 Å². The summed E-state index contributed by atoms with van der Waals surface area (Å²) in [6, 6.07) is 2.67. The van der Waals surface area contributed by atoms with Crippen molar-refractivity contribution in [3.63, 3.8) is 0 Å². The van der Waals surface area contributed by atoms with Crippen molar-refractivity contribution in [1.29, 1.82) is 0 Å². The second-order valence-electron chi connectivity index (χ2n) is 9.68. The van der Waals surface area contributed by atoms with Gasteiger partial charge < -0.3 is 50.6 Å². The summed E-state index contributed by atoms with van der Waals surface area (Å²) in [5.41, 5.74) is 5.01. The van der Waals surface area contributed by atoms with Gasteiger partial charge in [-0.15, -0.1) is 0 Å². The molecule has 1 heterocycles. The zero-order chi connectivity index (χ0) is 27.2. The molecule has 0 unspecified atom stereocenters. The maximum absolute atomic E-state index is 12.3. The van der Waals surface area contributed by atoms with Crippen molar-refractivity contribution < 1.29 is 49.6 Å². The van der Waals surface area contributed by atoms with Gasteiger partial charge in [0.15, 0.2) is 5.78 Å². The summed E-state index contributed by atoms with van der Waals surface area (Å²) in [5.74, 6) is -0.685. The van der Waals surface area contributed by atoms with Crippen molar-refractivity contribution in [3.8, 4) is 17.2 Å². The van der Waals surface area contributed by atoms with E-state index in [2.05, 4.69) is 0 Å². The number of methoxy groups -OCH3 is 1. The van der Waals surface area contributed by atoms with Crippen LogP contribution in [0, 0.1) is 6.92 Å². The maximum atomic E-state index is 12.3. The summed E-state index contributed by atoms with van der Waals surface area (Å²) in [7, 11) is 1.37. The Labute approximate surface area is 213 Å². The Kier molecular flexibility index (Phi) is 7.50. The SMILES string of the molecule is COc1cc(O[C@@H]2O[C@H]([C@]3(O)C=C[C@H](N)CC3)[C@@H](O)[C@H](O)[C@H]2O)c2c(O)c(C(C)=O)c(C)cc2c1CO. The molecule has 202 valence electrons. The first-order valence-corrected chi connectivity index (χ1v) is 11.9. The van der Waals surface area contributed by atoms with Crippen molar-refractivity contribution in [2.75, 3.05) is 7.11 Å². The highest BCUT2D eigenvalue weighted by Crippen LogP contribution is 2.45. The van der Waals surface area contributed by atoms with Crippen LogP contribution in [0.15, 0.2) is 24.3 Å². The number of carbonyl (C=O) groups is 1. The molecule has 0 bridgehead atoms. The van der Waals surface area contributed by atoms with E-state index in [9.17, 15) is 35.4 Å².